The van der Waals surface area contributed by atoms with Crippen LogP contribution in [0, 0.1) is 0 Å². The molecule has 0 fully saturated rings. The minimum absolute atomic E-state index is 0.362. The Morgan fingerprint density at radius 3 is 2.60 bits per heavy atom. The first-order valence-electron chi connectivity index (χ1n) is 6.50. The van der Waals surface area contributed by atoms with Gasteiger partial charge in [-0.2, -0.15) is 0 Å². The molecule has 1 amide bonds. The average molecular weight is 344 g/mol. The maximum absolute atomic E-state index is 12.3. The topological polar surface area (TPSA) is 38.8 Å². The summed E-state index contributed by atoms with van der Waals surface area (Å²) in [5.41, 5.74) is 1.10. The van der Waals surface area contributed by atoms with Crippen molar-refractivity contribution < 1.29 is 14.3 Å². The van der Waals surface area contributed by atoms with Crippen LogP contribution >= 0.6 is 15.9 Å². The molecule has 5 heteroatoms. The first-order valence-corrected chi connectivity index (χ1v) is 7.30. The number of halogens is 1. The summed E-state index contributed by atoms with van der Waals surface area (Å²) in [5, 5.41) is 0. The van der Waals surface area contributed by atoms with Crippen LogP contribution < -0.4 is 0 Å². The molecule has 0 saturated carbocycles. The SMILES string of the molecule is C=C/C(Br)=C(/C)C1=C(C)OCCN1C(=O)OC(C)(C)C. The Morgan fingerprint density at radius 1 is 1.50 bits per heavy atom. The predicted molar refractivity (Wildman–Crippen MR) is 83.4 cm³/mol. The lowest BCUT2D eigenvalue weighted by Crippen LogP contribution is -2.41. The Morgan fingerprint density at radius 2 is 2.10 bits per heavy atom. The van der Waals surface area contributed by atoms with Crippen molar-refractivity contribution in [3.05, 3.63) is 34.2 Å². The van der Waals surface area contributed by atoms with E-state index in [4.69, 9.17) is 9.47 Å². The largest absolute Gasteiger partial charge is 0.494 e. The summed E-state index contributed by atoms with van der Waals surface area (Å²) in [6, 6.07) is 0. The van der Waals surface area contributed by atoms with Crippen LogP contribution in [-0.4, -0.2) is 29.7 Å². The molecule has 0 atom stereocenters. The zero-order valence-electron chi connectivity index (χ0n) is 12.7. The van der Waals surface area contributed by atoms with Gasteiger partial charge < -0.3 is 9.47 Å². The highest BCUT2D eigenvalue weighted by Crippen LogP contribution is 2.29. The first-order chi connectivity index (χ1) is 9.17. The van der Waals surface area contributed by atoms with Crippen LogP contribution in [0.5, 0.6) is 0 Å². The number of ether oxygens (including phenoxy) is 2. The average Bonchev–Trinajstić information content (AvgIpc) is 2.34. The highest BCUT2D eigenvalue weighted by Gasteiger charge is 2.30. The number of hydrogen-bond acceptors (Lipinski definition) is 3. The standard InChI is InChI=1S/C15H22BrNO3/c1-7-12(16)10(2)13-11(3)19-9-8-17(13)14(18)20-15(4,5)6/h7H,1,8-9H2,2-6H3/b12-10+. The summed E-state index contributed by atoms with van der Waals surface area (Å²) in [7, 11) is 0. The predicted octanol–water partition coefficient (Wildman–Crippen LogP) is 4.34. The van der Waals surface area contributed by atoms with Crippen LogP contribution in [0.2, 0.25) is 0 Å². The van der Waals surface area contributed by atoms with Gasteiger partial charge in [-0.25, -0.2) is 4.79 Å². The second kappa shape index (κ2) is 6.48. The van der Waals surface area contributed by atoms with E-state index >= 15 is 0 Å². The Kier molecular flexibility index (Phi) is 5.45. The van der Waals surface area contributed by atoms with Gasteiger partial charge in [-0.3, -0.25) is 4.90 Å². The highest BCUT2D eigenvalue weighted by atomic mass is 79.9. The van der Waals surface area contributed by atoms with Gasteiger partial charge >= 0.3 is 6.09 Å². The second-order valence-corrected chi connectivity index (χ2v) is 6.42. The number of carbonyl (C=O) groups excluding carboxylic acids is 1. The minimum atomic E-state index is -0.526. The van der Waals surface area contributed by atoms with E-state index in [1.165, 1.54) is 0 Å². The number of amides is 1. The fourth-order valence-corrected chi connectivity index (χ4v) is 2.08. The van der Waals surface area contributed by atoms with Crippen molar-refractivity contribution in [3.8, 4) is 0 Å². The molecule has 0 radical (unpaired) electrons. The maximum atomic E-state index is 12.3. The van der Waals surface area contributed by atoms with Gasteiger partial charge in [0, 0.05) is 4.48 Å². The van der Waals surface area contributed by atoms with Gasteiger partial charge in [-0.15, -0.1) is 0 Å². The Labute approximate surface area is 129 Å². The van der Waals surface area contributed by atoms with Gasteiger partial charge in [0.15, 0.2) is 0 Å². The number of rotatable bonds is 2. The third-order valence-corrected chi connectivity index (χ3v) is 3.66. The molecular weight excluding hydrogens is 322 g/mol. The number of allylic oxidation sites excluding steroid dienone is 4. The number of hydrogen-bond donors (Lipinski definition) is 0. The highest BCUT2D eigenvalue weighted by molar-refractivity contribution is 9.11. The van der Waals surface area contributed by atoms with Crippen LogP contribution in [0.3, 0.4) is 0 Å². The molecule has 112 valence electrons. The van der Waals surface area contributed by atoms with Gasteiger partial charge in [0.1, 0.15) is 18.0 Å². The van der Waals surface area contributed by atoms with Crippen LogP contribution in [-0.2, 0) is 9.47 Å². The van der Waals surface area contributed by atoms with Crippen molar-refractivity contribution in [1.82, 2.24) is 4.90 Å². The van der Waals surface area contributed by atoms with Crippen LogP contribution in [0.4, 0.5) is 4.79 Å². The summed E-state index contributed by atoms with van der Waals surface area (Å²) in [6.45, 7) is 14.0. The van der Waals surface area contributed by atoms with Crippen LogP contribution in [0.15, 0.2) is 34.2 Å². The minimum Gasteiger partial charge on any atom is -0.494 e. The summed E-state index contributed by atoms with van der Waals surface area (Å²) in [4.78, 5) is 14.0. The molecule has 0 aromatic heterocycles. The van der Waals surface area contributed by atoms with Crippen molar-refractivity contribution in [2.24, 2.45) is 0 Å². The molecule has 0 aromatic carbocycles. The summed E-state index contributed by atoms with van der Waals surface area (Å²) >= 11 is 3.44. The smallest absolute Gasteiger partial charge is 0.415 e. The van der Waals surface area contributed by atoms with Gasteiger partial charge in [-0.05, 0) is 40.2 Å². The van der Waals surface area contributed by atoms with Gasteiger partial charge in [0.05, 0.1) is 12.2 Å². The Balaban J connectivity index is 3.15. The van der Waals surface area contributed by atoms with E-state index in [0.717, 1.165) is 15.8 Å². The van der Waals surface area contributed by atoms with E-state index in [1.807, 2.05) is 34.6 Å². The summed E-state index contributed by atoms with van der Waals surface area (Å²) in [5.74, 6) is 0.707. The normalized spacial score (nSPS) is 17.4. The zero-order chi connectivity index (χ0) is 15.5. The fraction of sp³-hybridized carbons (Fsp3) is 0.533. The molecule has 0 aliphatic carbocycles. The monoisotopic (exact) mass is 343 g/mol. The van der Waals surface area contributed by atoms with E-state index in [1.54, 1.807) is 11.0 Å². The van der Waals surface area contributed by atoms with Gasteiger partial charge in [-0.1, -0.05) is 28.6 Å². The van der Waals surface area contributed by atoms with E-state index in [2.05, 4.69) is 22.5 Å². The third-order valence-electron chi connectivity index (χ3n) is 2.74. The van der Waals surface area contributed by atoms with Crippen molar-refractivity contribution in [2.75, 3.05) is 13.2 Å². The molecule has 0 aromatic rings. The van der Waals surface area contributed by atoms with Crippen molar-refractivity contribution in [2.45, 2.75) is 40.2 Å². The summed E-state index contributed by atoms with van der Waals surface area (Å²) < 4.78 is 11.8. The van der Waals surface area contributed by atoms with Gasteiger partial charge in [0.25, 0.3) is 0 Å². The summed E-state index contributed by atoms with van der Waals surface area (Å²) in [6.07, 6.45) is 1.33. The third kappa shape index (κ3) is 4.13. The van der Waals surface area contributed by atoms with Gasteiger partial charge in [0.2, 0.25) is 0 Å². The van der Waals surface area contributed by atoms with E-state index in [-0.39, 0.29) is 6.09 Å². The lowest BCUT2D eigenvalue weighted by atomic mass is 10.1. The van der Waals surface area contributed by atoms with Crippen molar-refractivity contribution in [1.29, 1.82) is 0 Å². The Hall–Kier alpha value is -1.23. The van der Waals surface area contributed by atoms with Crippen molar-refractivity contribution in [3.63, 3.8) is 0 Å². The lowest BCUT2D eigenvalue weighted by molar-refractivity contribution is 0.0215. The maximum Gasteiger partial charge on any atom is 0.415 e. The molecule has 0 bridgehead atoms. The molecule has 1 aliphatic rings. The lowest BCUT2D eigenvalue weighted by Gasteiger charge is -2.33. The number of nitrogens with zero attached hydrogens (tertiary/aromatic N) is 1. The first kappa shape index (κ1) is 16.8. The molecule has 1 rings (SSSR count). The van der Waals surface area contributed by atoms with Crippen LogP contribution in [0.1, 0.15) is 34.6 Å². The van der Waals surface area contributed by atoms with Crippen molar-refractivity contribution >= 4 is 22.0 Å². The molecule has 1 heterocycles. The molecule has 0 spiro atoms. The quantitative estimate of drug-likeness (QED) is 0.700. The molecule has 1 aliphatic heterocycles. The molecule has 20 heavy (non-hydrogen) atoms. The fourth-order valence-electron chi connectivity index (χ4n) is 1.89. The zero-order valence-corrected chi connectivity index (χ0v) is 14.3. The Bertz CT molecular complexity index is 472. The molecule has 0 unspecified atom stereocenters. The van der Waals surface area contributed by atoms with Crippen LogP contribution in [0.25, 0.3) is 0 Å². The molecule has 0 saturated heterocycles. The molecule has 4 nitrogen and oxygen atoms in total. The van der Waals surface area contributed by atoms with E-state index in [0.29, 0.717) is 18.9 Å². The molecule has 0 N–H and O–H groups in total. The number of carbonyl (C=O) groups is 1. The van der Waals surface area contributed by atoms with E-state index in [9.17, 15) is 4.79 Å². The van der Waals surface area contributed by atoms with E-state index < -0.39 is 5.60 Å². The second-order valence-electron chi connectivity index (χ2n) is 5.56. The molecular formula is C15H22BrNO3.